The number of amides is 6. The van der Waals surface area contributed by atoms with Gasteiger partial charge in [0.05, 0.1) is 48.2 Å². The number of Topliss-reactive ketones (excluding diaryl/α,β-unsaturated/α-hetero) is 2. The first-order valence-electron chi connectivity index (χ1n) is 23.6. The molecule has 8 rings (SSSR count). The molecule has 0 bridgehead atoms. The molecule has 0 unspecified atom stereocenters. The van der Waals surface area contributed by atoms with E-state index in [2.05, 4.69) is 92.4 Å². The fourth-order valence-corrected chi connectivity index (χ4v) is 12.4. The van der Waals surface area contributed by atoms with Crippen molar-refractivity contribution < 1.29 is 28.8 Å². The predicted octanol–water partition coefficient (Wildman–Crippen LogP) is 4.92. The molecule has 0 saturated carbocycles. The quantitative estimate of drug-likeness (QED) is 0.0578. The molecule has 16 nitrogen and oxygen atoms in total. The van der Waals surface area contributed by atoms with Crippen molar-refractivity contribution in [3.63, 3.8) is 0 Å². The predicted molar refractivity (Wildman–Crippen MR) is 271 cm³/mol. The molecule has 2 aliphatic heterocycles. The first kappa shape index (κ1) is 50.6. The highest BCUT2D eigenvalue weighted by atomic mass is 32.2. The Labute approximate surface area is 406 Å². The van der Waals surface area contributed by atoms with E-state index in [1.807, 2.05) is 26.0 Å². The van der Waals surface area contributed by atoms with Gasteiger partial charge in [-0.15, -0.1) is 36.7 Å². The Hall–Kier alpha value is -5.24. The number of benzene rings is 2. The zero-order valence-corrected chi connectivity index (χ0v) is 40.8. The van der Waals surface area contributed by atoms with Crippen molar-refractivity contribution in [2.45, 2.75) is 63.5 Å². The van der Waals surface area contributed by atoms with Crippen LogP contribution >= 0.6 is 23.5 Å². The van der Waals surface area contributed by atoms with Crippen molar-refractivity contribution in [1.82, 2.24) is 40.2 Å². The third-order valence-corrected chi connectivity index (χ3v) is 15.6. The van der Waals surface area contributed by atoms with Gasteiger partial charge in [0, 0.05) is 97.4 Å². The summed E-state index contributed by atoms with van der Waals surface area (Å²) < 4.78 is 0. The molecule has 364 valence electrons. The Balaban J connectivity index is 0.000000201. The van der Waals surface area contributed by atoms with Crippen LogP contribution in [0, 0.1) is 11.8 Å². The molecular weight excluding hydrogens is 901 g/mol. The number of nitrogens with one attached hydrogen (secondary N) is 4. The molecule has 6 amide bonds. The smallest absolute Gasteiger partial charge is 0.324 e. The Morgan fingerprint density at radius 1 is 0.691 bits per heavy atom. The van der Waals surface area contributed by atoms with Crippen LogP contribution in [0.3, 0.4) is 0 Å². The number of likely N-dealkylation sites (tertiary alicyclic amines) is 2. The van der Waals surface area contributed by atoms with E-state index in [0.717, 1.165) is 23.9 Å². The Morgan fingerprint density at radius 3 is 1.47 bits per heavy atom. The zero-order chi connectivity index (χ0) is 48.5. The van der Waals surface area contributed by atoms with E-state index < -0.39 is 12.1 Å². The summed E-state index contributed by atoms with van der Waals surface area (Å²) >= 11 is 2.49. The summed E-state index contributed by atoms with van der Waals surface area (Å²) in [4.78, 5) is 90.2. The molecule has 4 aliphatic rings. The fraction of sp³-hybridized carbons (Fsp3) is 0.480. The van der Waals surface area contributed by atoms with Crippen molar-refractivity contribution in [3.05, 3.63) is 96.4 Å². The van der Waals surface area contributed by atoms with Gasteiger partial charge in [-0.3, -0.25) is 38.8 Å². The zero-order valence-electron chi connectivity index (χ0n) is 39.2. The maximum Gasteiger partial charge on any atom is 0.324 e. The van der Waals surface area contributed by atoms with Crippen molar-refractivity contribution in [3.8, 4) is 0 Å². The first-order chi connectivity index (χ1) is 33.0. The van der Waals surface area contributed by atoms with Gasteiger partial charge in [0.15, 0.2) is 11.6 Å². The monoisotopic (exact) mass is 966 g/mol. The summed E-state index contributed by atoms with van der Waals surface area (Å²) in [5.41, 5.74) is 18.2. The van der Waals surface area contributed by atoms with E-state index in [9.17, 15) is 28.8 Å². The van der Waals surface area contributed by atoms with Crippen LogP contribution in [0.2, 0.25) is 0 Å². The van der Waals surface area contributed by atoms with Gasteiger partial charge in [0.1, 0.15) is 0 Å². The summed E-state index contributed by atoms with van der Waals surface area (Å²) in [6, 6.07) is 12.4. The van der Waals surface area contributed by atoms with E-state index in [-0.39, 0.29) is 95.5 Å². The summed E-state index contributed by atoms with van der Waals surface area (Å²) in [7, 11) is 0. The number of fused-ring (bicyclic) bond motifs is 4. The molecule has 6 atom stereocenters. The fourth-order valence-electron chi connectivity index (χ4n) is 10.7. The highest BCUT2D eigenvalue weighted by Gasteiger charge is 2.46. The standard InChI is InChI=1S/2C25H33N5O3S/c2*1-3-8-29-13-17(24(32)30(25(33)27-4-2)15-34-14-18(31)11-26)9-20-19-6-5-7-21-23(19)16(12-28-21)10-22(20)29/h2*3,5-7,12,17,20,22,28H,1,4,8-11,13-15,26H2,2H3,(H,27,33)/t2*17-,20-,22-/m11/s1. The third-order valence-electron chi connectivity index (χ3n) is 13.7. The molecule has 2 fully saturated rings. The molecule has 8 N–H and O–H groups in total. The maximum atomic E-state index is 13.7. The van der Waals surface area contributed by atoms with Crippen molar-refractivity contribution in [2.24, 2.45) is 23.3 Å². The number of nitrogens with zero attached hydrogens (tertiary/aromatic N) is 4. The summed E-state index contributed by atoms with van der Waals surface area (Å²) in [6.45, 7) is 14.8. The van der Waals surface area contributed by atoms with Crippen LogP contribution in [0.5, 0.6) is 0 Å². The molecule has 2 aromatic heterocycles. The molecular formula is C50H66N10O6S2. The number of ketones is 2. The maximum absolute atomic E-state index is 13.7. The number of aromatic amines is 2. The lowest BCUT2D eigenvalue weighted by Crippen LogP contribution is -2.55. The molecule has 2 aromatic carbocycles. The van der Waals surface area contributed by atoms with Crippen LogP contribution in [0.15, 0.2) is 74.1 Å². The van der Waals surface area contributed by atoms with Gasteiger partial charge >= 0.3 is 12.1 Å². The number of hydrogen-bond donors (Lipinski definition) is 6. The van der Waals surface area contributed by atoms with E-state index in [1.165, 1.54) is 66.3 Å². The van der Waals surface area contributed by atoms with Crippen molar-refractivity contribution >= 4 is 80.8 Å². The van der Waals surface area contributed by atoms with Crippen molar-refractivity contribution in [1.29, 1.82) is 0 Å². The van der Waals surface area contributed by atoms with Gasteiger partial charge in [-0.25, -0.2) is 9.59 Å². The van der Waals surface area contributed by atoms with Gasteiger partial charge in [0.2, 0.25) is 11.8 Å². The average Bonchev–Trinajstić information content (AvgIpc) is 3.97. The van der Waals surface area contributed by atoms with Gasteiger partial charge in [-0.1, -0.05) is 36.4 Å². The Kier molecular flexibility index (Phi) is 17.4. The molecule has 68 heavy (non-hydrogen) atoms. The number of hydrogen-bond acceptors (Lipinski definition) is 12. The van der Waals surface area contributed by atoms with Crippen molar-refractivity contribution in [2.75, 3.05) is 75.6 Å². The van der Waals surface area contributed by atoms with Gasteiger partial charge in [-0.05, 0) is 73.9 Å². The van der Waals surface area contributed by atoms with Crippen LogP contribution in [0.1, 0.15) is 60.8 Å². The topological polar surface area (TPSA) is 223 Å². The number of urea groups is 2. The number of carbonyl (C=O) groups excluding carboxylic acids is 6. The van der Waals surface area contributed by atoms with E-state index in [0.29, 0.717) is 52.1 Å². The average molecular weight is 967 g/mol. The lowest BCUT2D eigenvalue weighted by Gasteiger charge is -2.47. The van der Waals surface area contributed by atoms with Crippen LogP contribution in [0.4, 0.5) is 9.59 Å². The first-order valence-corrected chi connectivity index (χ1v) is 25.9. The molecule has 2 saturated heterocycles. The minimum atomic E-state index is -0.420. The molecule has 4 heterocycles. The minimum Gasteiger partial charge on any atom is -0.361 e. The summed E-state index contributed by atoms with van der Waals surface area (Å²) in [5, 5.41) is 8.03. The highest BCUT2D eigenvalue weighted by Crippen LogP contribution is 2.47. The lowest BCUT2D eigenvalue weighted by molar-refractivity contribution is -0.135. The van der Waals surface area contributed by atoms with Crippen LogP contribution in [-0.2, 0) is 32.0 Å². The minimum absolute atomic E-state index is 0.0446. The van der Waals surface area contributed by atoms with Crippen LogP contribution in [-0.4, -0.2) is 153 Å². The summed E-state index contributed by atoms with van der Waals surface area (Å²) in [6.07, 6.45) is 11.2. The molecule has 0 spiro atoms. The highest BCUT2D eigenvalue weighted by molar-refractivity contribution is 8.00. The van der Waals surface area contributed by atoms with Crippen LogP contribution in [0.25, 0.3) is 21.8 Å². The Morgan fingerprint density at radius 2 is 1.10 bits per heavy atom. The number of carbonyl (C=O) groups is 6. The SMILES string of the molecule is C=CCN1C[C@H](C(=O)N(CSCC(=O)CN)C(=O)NCC)C[C@@H]2c3cccc4[nH]cc(c34)C[C@H]21.C=CCN1C[C@H](C(=O)N(CSCC(=O)CN)C(=O)NCC)C[C@@H]2c3cccc4[nH]cc(c34)C[C@H]21. The number of piperidine rings is 2. The lowest BCUT2D eigenvalue weighted by atomic mass is 9.72. The van der Waals surface area contributed by atoms with Crippen LogP contribution < -0.4 is 22.1 Å². The number of thioether (sulfide) groups is 2. The van der Waals surface area contributed by atoms with Gasteiger partial charge in [-0.2, -0.15) is 0 Å². The third kappa shape index (κ3) is 11.0. The van der Waals surface area contributed by atoms with E-state index in [1.54, 1.807) is 0 Å². The Bertz CT molecular complexity index is 2340. The number of aromatic nitrogens is 2. The number of rotatable bonds is 18. The van der Waals surface area contributed by atoms with Gasteiger partial charge < -0.3 is 32.1 Å². The second kappa shape index (κ2) is 23.4. The second-order valence-electron chi connectivity index (χ2n) is 17.9. The molecule has 4 aromatic rings. The van der Waals surface area contributed by atoms with E-state index >= 15 is 0 Å². The number of H-pyrrole nitrogens is 2. The number of imide groups is 2. The summed E-state index contributed by atoms with van der Waals surface area (Å²) in [5.74, 6) is -0.278. The normalized spacial score (nSPS) is 21.6. The number of nitrogens with two attached hydrogens (primary N) is 2. The van der Waals surface area contributed by atoms with Gasteiger partial charge in [0.25, 0.3) is 0 Å². The molecule has 2 aliphatic carbocycles. The molecule has 18 heteroatoms. The molecule has 0 radical (unpaired) electrons. The van der Waals surface area contributed by atoms with E-state index in [4.69, 9.17) is 11.5 Å². The second-order valence-corrected chi connectivity index (χ2v) is 19.8. The largest absolute Gasteiger partial charge is 0.361 e.